The molecule has 106 valence electrons. The molecule has 0 fully saturated rings. The van der Waals surface area contributed by atoms with Crippen LogP contribution in [0.15, 0.2) is 29.0 Å². The Morgan fingerprint density at radius 3 is 2.85 bits per heavy atom. The SMILES string of the molecule is CC(=O)c1ccc(Br)cc1OCc1ncnn1C(C)C. The Morgan fingerprint density at radius 2 is 2.20 bits per heavy atom. The third-order valence-corrected chi connectivity index (χ3v) is 3.31. The first-order chi connectivity index (χ1) is 9.49. The Bertz CT molecular complexity index is 623. The van der Waals surface area contributed by atoms with Crippen LogP contribution < -0.4 is 4.74 Å². The predicted molar refractivity (Wildman–Crippen MR) is 78.9 cm³/mol. The van der Waals surface area contributed by atoms with Crippen LogP contribution in [-0.4, -0.2) is 20.5 Å². The number of benzene rings is 1. The molecule has 2 aromatic rings. The number of ether oxygens (including phenoxy) is 1. The molecular weight excluding hydrogens is 322 g/mol. The molecule has 0 saturated carbocycles. The topological polar surface area (TPSA) is 57.0 Å². The molecule has 0 aliphatic heterocycles. The van der Waals surface area contributed by atoms with E-state index in [4.69, 9.17) is 4.74 Å². The molecule has 1 heterocycles. The van der Waals surface area contributed by atoms with E-state index in [0.29, 0.717) is 11.3 Å². The van der Waals surface area contributed by atoms with E-state index < -0.39 is 0 Å². The summed E-state index contributed by atoms with van der Waals surface area (Å²) in [5, 5.41) is 4.15. The van der Waals surface area contributed by atoms with Crippen molar-refractivity contribution in [2.24, 2.45) is 0 Å². The van der Waals surface area contributed by atoms with Crippen molar-refractivity contribution < 1.29 is 9.53 Å². The fourth-order valence-electron chi connectivity index (χ4n) is 1.86. The van der Waals surface area contributed by atoms with Crippen LogP contribution >= 0.6 is 15.9 Å². The van der Waals surface area contributed by atoms with Gasteiger partial charge in [0, 0.05) is 10.5 Å². The molecule has 20 heavy (non-hydrogen) atoms. The summed E-state index contributed by atoms with van der Waals surface area (Å²) < 4.78 is 8.40. The van der Waals surface area contributed by atoms with Crippen molar-refractivity contribution in [1.29, 1.82) is 0 Å². The average molecular weight is 338 g/mol. The van der Waals surface area contributed by atoms with Gasteiger partial charge in [0.15, 0.2) is 11.6 Å². The lowest BCUT2D eigenvalue weighted by Gasteiger charge is -2.12. The van der Waals surface area contributed by atoms with Gasteiger partial charge in [-0.05, 0) is 39.0 Å². The zero-order chi connectivity index (χ0) is 14.7. The van der Waals surface area contributed by atoms with E-state index in [9.17, 15) is 4.79 Å². The second kappa shape index (κ2) is 6.17. The zero-order valence-electron chi connectivity index (χ0n) is 11.6. The second-order valence-corrected chi connectivity index (χ2v) is 5.62. The van der Waals surface area contributed by atoms with Gasteiger partial charge in [-0.2, -0.15) is 5.10 Å². The smallest absolute Gasteiger partial charge is 0.165 e. The van der Waals surface area contributed by atoms with Crippen LogP contribution in [0.5, 0.6) is 5.75 Å². The summed E-state index contributed by atoms with van der Waals surface area (Å²) in [5.74, 6) is 1.25. The zero-order valence-corrected chi connectivity index (χ0v) is 13.2. The van der Waals surface area contributed by atoms with E-state index in [0.717, 1.165) is 10.3 Å². The van der Waals surface area contributed by atoms with Gasteiger partial charge < -0.3 is 4.74 Å². The lowest BCUT2D eigenvalue weighted by atomic mass is 10.1. The Hall–Kier alpha value is -1.69. The molecular formula is C14H16BrN3O2. The minimum absolute atomic E-state index is 0.0298. The van der Waals surface area contributed by atoms with E-state index >= 15 is 0 Å². The fraction of sp³-hybridized carbons (Fsp3) is 0.357. The predicted octanol–water partition coefficient (Wildman–Crippen LogP) is 3.40. The summed E-state index contributed by atoms with van der Waals surface area (Å²) in [6.07, 6.45) is 1.51. The number of Topliss-reactive ketones (excluding diaryl/α,β-unsaturated/α-hetero) is 1. The normalized spacial score (nSPS) is 10.8. The highest BCUT2D eigenvalue weighted by atomic mass is 79.9. The van der Waals surface area contributed by atoms with Crippen LogP contribution in [0.3, 0.4) is 0 Å². The lowest BCUT2D eigenvalue weighted by molar-refractivity contribution is 0.101. The number of hydrogen-bond donors (Lipinski definition) is 0. The van der Waals surface area contributed by atoms with Crippen LogP contribution in [0.1, 0.15) is 43.0 Å². The number of nitrogens with zero attached hydrogens (tertiary/aromatic N) is 3. The summed E-state index contributed by atoms with van der Waals surface area (Å²) in [6, 6.07) is 5.56. The van der Waals surface area contributed by atoms with Crippen LogP contribution in [-0.2, 0) is 6.61 Å². The van der Waals surface area contributed by atoms with E-state index in [-0.39, 0.29) is 18.4 Å². The Morgan fingerprint density at radius 1 is 1.45 bits per heavy atom. The first-order valence-electron chi connectivity index (χ1n) is 6.30. The number of carbonyl (C=O) groups excluding carboxylic acids is 1. The molecule has 0 atom stereocenters. The van der Waals surface area contributed by atoms with Gasteiger partial charge in [0.05, 0.1) is 5.56 Å². The summed E-state index contributed by atoms with van der Waals surface area (Å²) >= 11 is 3.38. The minimum Gasteiger partial charge on any atom is -0.485 e. The van der Waals surface area contributed by atoms with Crippen LogP contribution in [0.2, 0.25) is 0 Å². The summed E-state index contributed by atoms with van der Waals surface area (Å²) in [4.78, 5) is 15.8. The average Bonchev–Trinajstić information content (AvgIpc) is 2.84. The lowest BCUT2D eigenvalue weighted by Crippen LogP contribution is -2.11. The van der Waals surface area contributed by atoms with Gasteiger partial charge in [-0.3, -0.25) is 4.79 Å². The monoisotopic (exact) mass is 337 g/mol. The standard InChI is InChI=1S/C14H16BrN3O2/c1-9(2)18-14(16-8-17-18)7-20-13-6-11(15)4-5-12(13)10(3)19/h4-6,8-9H,7H2,1-3H3. The fourth-order valence-corrected chi connectivity index (χ4v) is 2.20. The number of hydrogen-bond acceptors (Lipinski definition) is 4. The van der Waals surface area contributed by atoms with Crippen molar-refractivity contribution in [3.8, 4) is 5.75 Å². The molecule has 0 aliphatic carbocycles. The number of aromatic nitrogens is 3. The number of carbonyl (C=O) groups is 1. The van der Waals surface area contributed by atoms with Crippen molar-refractivity contribution >= 4 is 21.7 Å². The van der Waals surface area contributed by atoms with E-state index in [2.05, 4.69) is 26.0 Å². The summed E-state index contributed by atoms with van der Waals surface area (Å²) in [5.41, 5.74) is 0.559. The maximum atomic E-state index is 11.6. The van der Waals surface area contributed by atoms with E-state index in [1.165, 1.54) is 13.3 Å². The maximum Gasteiger partial charge on any atom is 0.165 e. The highest BCUT2D eigenvalue weighted by molar-refractivity contribution is 9.10. The molecule has 0 radical (unpaired) electrons. The third kappa shape index (κ3) is 3.25. The summed E-state index contributed by atoms with van der Waals surface area (Å²) in [7, 11) is 0. The minimum atomic E-state index is -0.0298. The van der Waals surface area contributed by atoms with Crippen LogP contribution in [0.4, 0.5) is 0 Å². The summed E-state index contributed by atoms with van der Waals surface area (Å²) in [6.45, 7) is 5.85. The van der Waals surface area contributed by atoms with Gasteiger partial charge in [0.2, 0.25) is 0 Å². The van der Waals surface area contributed by atoms with Gasteiger partial charge in [-0.25, -0.2) is 9.67 Å². The van der Waals surface area contributed by atoms with E-state index in [1.54, 1.807) is 16.8 Å². The van der Waals surface area contributed by atoms with Crippen molar-refractivity contribution in [2.75, 3.05) is 0 Å². The first kappa shape index (κ1) is 14.7. The van der Waals surface area contributed by atoms with Gasteiger partial charge in [0.25, 0.3) is 0 Å². The molecule has 0 saturated heterocycles. The molecule has 0 spiro atoms. The van der Waals surface area contributed by atoms with E-state index in [1.807, 2.05) is 19.9 Å². The molecule has 1 aromatic heterocycles. The first-order valence-corrected chi connectivity index (χ1v) is 7.10. The molecule has 0 amide bonds. The number of ketones is 1. The van der Waals surface area contributed by atoms with Crippen molar-refractivity contribution in [2.45, 2.75) is 33.4 Å². The van der Waals surface area contributed by atoms with Gasteiger partial charge in [-0.1, -0.05) is 15.9 Å². The number of rotatable bonds is 5. The largest absolute Gasteiger partial charge is 0.485 e. The maximum absolute atomic E-state index is 11.6. The highest BCUT2D eigenvalue weighted by Gasteiger charge is 2.12. The number of halogens is 1. The van der Waals surface area contributed by atoms with Gasteiger partial charge in [-0.15, -0.1) is 0 Å². The van der Waals surface area contributed by atoms with Crippen LogP contribution in [0.25, 0.3) is 0 Å². The van der Waals surface area contributed by atoms with Crippen molar-refractivity contribution in [1.82, 2.24) is 14.8 Å². The molecule has 1 aromatic carbocycles. The van der Waals surface area contributed by atoms with Crippen molar-refractivity contribution in [3.63, 3.8) is 0 Å². The molecule has 0 bridgehead atoms. The molecule has 0 aliphatic rings. The Kier molecular flexibility index (Phi) is 4.54. The van der Waals surface area contributed by atoms with Gasteiger partial charge >= 0.3 is 0 Å². The molecule has 5 nitrogen and oxygen atoms in total. The molecule has 6 heteroatoms. The van der Waals surface area contributed by atoms with Gasteiger partial charge in [0.1, 0.15) is 18.7 Å². The van der Waals surface area contributed by atoms with Crippen LogP contribution in [0, 0.1) is 0 Å². The highest BCUT2D eigenvalue weighted by Crippen LogP contribution is 2.25. The molecule has 2 rings (SSSR count). The molecule has 0 N–H and O–H groups in total. The third-order valence-electron chi connectivity index (χ3n) is 2.82. The van der Waals surface area contributed by atoms with Crippen molar-refractivity contribution in [3.05, 3.63) is 40.4 Å². The second-order valence-electron chi connectivity index (χ2n) is 4.70. The molecule has 0 unspecified atom stereocenters. The quantitative estimate of drug-likeness (QED) is 0.784. The Labute approximate surface area is 126 Å². The Balaban J connectivity index is 2.20.